The molecular weight excluding hydrogens is 346 g/mol. The number of benzene rings is 1. The Morgan fingerprint density at radius 3 is 2.87 bits per heavy atom. The molecule has 1 saturated heterocycles. The summed E-state index contributed by atoms with van der Waals surface area (Å²) in [5.74, 6) is -1.28. The lowest BCUT2D eigenvalue weighted by atomic mass is 9.94. The molecule has 0 saturated carbocycles. The van der Waals surface area contributed by atoms with Gasteiger partial charge in [-0.15, -0.1) is 0 Å². The van der Waals surface area contributed by atoms with E-state index in [9.17, 15) is 18.3 Å². The molecule has 0 bridgehead atoms. The van der Waals surface area contributed by atoms with E-state index in [1.54, 1.807) is 6.92 Å². The molecule has 0 aliphatic carbocycles. The molecule has 1 aliphatic heterocycles. The molecule has 1 unspecified atom stereocenters. The summed E-state index contributed by atoms with van der Waals surface area (Å²) in [5.41, 5.74) is -1.51. The van der Waals surface area contributed by atoms with E-state index in [2.05, 4.69) is 4.72 Å². The number of para-hydroxylation sites is 1. The smallest absolute Gasteiger partial charge is 0.329 e. The molecule has 1 aromatic carbocycles. The Labute approximate surface area is 139 Å². The van der Waals surface area contributed by atoms with E-state index in [1.807, 2.05) is 0 Å². The number of phenols is 1. The zero-order valence-corrected chi connectivity index (χ0v) is 14.1. The highest BCUT2D eigenvalue weighted by molar-refractivity contribution is 7.89. The molecule has 23 heavy (non-hydrogen) atoms. The fraction of sp³-hybridized carbons (Fsp3) is 0.500. The van der Waals surface area contributed by atoms with E-state index in [0.29, 0.717) is 13.0 Å². The molecule has 2 rings (SSSR count). The minimum Gasteiger partial charge on any atom is -0.505 e. The van der Waals surface area contributed by atoms with Crippen LogP contribution in [0.15, 0.2) is 23.1 Å². The Morgan fingerprint density at radius 1 is 1.52 bits per heavy atom. The maximum absolute atomic E-state index is 12.6. The number of ether oxygens (including phenoxy) is 2. The maximum Gasteiger partial charge on any atom is 0.329 e. The third kappa shape index (κ3) is 3.77. The topological polar surface area (TPSA) is 102 Å². The number of carbonyl (C=O) groups excluding carboxylic acids is 1. The normalized spacial score (nSPS) is 21.8. The summed E-state index contributed by atoms with van der Waals surface area (Å²) < 4.78 is 37.8. The first-order valence-corrected chi connectivity index (χ1v) is 8.95. The summed E-state index contributed by atoms with van der Waals surface area (Å²) in [6, 6.07) is 3.96. The van der Waals surface area contributed by atoms with E-state index in [4.69, 9.17) is 21.1 Å². The van der Waals surface area contributed by atoms with Crippen molar-refractivity contribution in [3.63, 3.8) is 0 Å². The quantitative estimate of drug-likeness (QED) is 0.767. The van der Waals surface area contributed by atoms with E-state index >= 15 is 0 Å². The minimum absolute atomic E-state index is 0.0991. The summed E-state index contributed by atoms with van der Waals surface area (Å²) in [6.45, 7) is 2.05. The molecule has 9 heteroatoms. The summed E-state index contributed by atoms with van der Waals surface area (Å²) >= 11 is 5.75. The molecule has 128 valence electrons. The number of hydrogen-bond acceptors (Lipinski definition) is 6. The van der Waals surface area contributed by atoms with Crippen LogP contribution in [0.3, 0.4) is 0 Å². The molecule has 0 amide bonds. The standard InChI is InChI=1S/C14H18ClNO6S/c1-2-22-13(18)14(7-4-8-21-9-14)16-23(19,20)11-6-3-5-10(15)12(11)17/h3,5-6,16-17H,2,4,7-9H2,1H3. The van der Waals surface area contributed by atoms with Gasteiger partial charge in [-0.05, 0) is 31.9 Å². The highest BCUT2D eigenvalue weighted by Gasteiger charge is 2.46. The Morgan fingerprint density at radius 2 is 2.26 bits per heavy atom. The average Bonchev–Trinajstić information content (AvgIpc) is 2.50. The van der Waals surface area contributed by atoms with Gasteiger partial charge in [0, 0.05) is 6.61 Å². The van der Waals surface area contributed by atoms with Crippen LogP contribution in [0.25, 0.3) is 0 Å². The second kappa shape index (κ2) is 7.04. The largest absolute Gasteiger partial charge is 0.505 e. The van der Waals surface area contributed by atoms with Gasteiger partial charge in [0.1, 0.15) is 4.90 Å². The monoisotopic (exact) mass is 363 g/mol. The Balaban J connectivity index is 2.38. The van der Waals surface area contributed by atoms with Crippen molar-refractivity contribution in [3.8, 4) is 5.75 Å². The molecule has 1 atom stereocenters. The van der Waals surface area contributed by atoms with Crippen molar-refractivity contribution >= 4 is 27.6 Å². The summed E-state index contributed by atoms with van der Waals surface area (Å²) in [6.07, 6.45) is 0.745. The molecule has 0 radical (unpaired) electrons. The molecule has 0 aromatic heterocycles. The van der Waals surface area contributed by atoms with Crippen LogP contribution in [0.1, 0.15) is 19.8 Å². The molecule has 1 aromatic rings. The number of hydrogen-bond donors (Lipinski definition) is 2. The van der Waals surface area contributed by atoms with Gasteiger partial charge >= 0.3 is 5.97 Å². The van der Waals surface area contributed by atoms with Crippen molar-refractivity contribution in [3.05, 3.63) is 23.2 Å². The zero-order valence-electron chi connectivity index (χ0n) is 12.5. The first-order valence-electron chi connectivity index (χ1n) is 7.09. The minimum atomic E-state index is -4.20. The third-order valence-electron chi connectivity index (χ3n) is 3.48. The van der Waals surface area contributed by atoms with Gasteiger partial charge < -0.3 is 14.6 Å². The van der Waals surface area contributed by atoms with Crippen LogP contribution in [0.2, 0.25) is 5.02 Å². The molecule has 0 spiro atoms. The average molecular weight is 364 g/mol. The van der Waals surface area contributed by atoms with Gasteiger partial charge in [-0.3, -0.25) is 0 Å². The van der Waals surface area contributed by atoms with Crippen LogP contribution >= 0.6 is 11.6 Å². The van der Waals surface area contributed by atoms with Gasteiger partial charge in [-0.2, -0.15) is 4.72 Å². The van der Waals surface area contributed by atoms with Crippen LogP contribution in [0.4, 0.5) is 0 Å². The van der Waals surface area contributed by atoms with Crippen molar-refractivity contribution in [2.45, 2.75) is 30.2 Å². The van der Waals surface area contributed by atoms with Gasteiger partial charge in [0.2, 0.25) is 10.0 Å². The predicted molar refractivity (Wildman–Crippen MR) is 82.9 cm³/mol. The first kappa shape index (κ1) is 18.0. The molecule has 7 nitrogen and oxygen atoms in total. The Kier molecular flexibility index (Phi) is 5.51. The zero-order chi connectivity index (χ0) is 17.1. The first-order chi connectivity index (χ1) is 10.8. The van der Waals surface area contributed by atoms with E-state index in [1.165, 1.54) is 18.2 Å². The van der Waals surface area contributed by atoms with E-state index in [-0.39, 0.29) is 24.7 Å². The number of carbonyl (C=O) groups is 1. The van der Waals surface area contributed by atoms with Crippen LogP contribution < -0.4 is 4.72 Å². The van der Waals surface area contributed by atoms with Crippen molar-refractivity contribution in [1.29, 1.82) is 0 Å². The van der Waals surface area contributed by atoms with Crippen LogP contribution in [0.5, 0.6) is 5.75 Å². The number of aromatic hydroxyl groups is 1. The number of nitrogens with one attached hydrogen (secondary N) is 1. The lowest BCUT2D eigenvalue weighted by molar-refractivity contribution is -0.155. The number of phenolic OH excluding ortho intramolecular Hbond substituents is 1. The SMILES string of the molecule is CCOC(=O)C1(NS(=O)(=O)c2cccc(Cl)c2O)CCCOC1. The van der Waals surface area contributed by atoms with Crippen LogP contribution in [-0.2, 0) is 24.3 Å². The van der Waals surface area contributed by atoms with Gasteiger partial charge in [-0.25, -0.2) is 13.2 Å². The van der Waals surface area contributed by atoms with Gasteiger partial charge in [0.05, 0.1) is 18.2 Å². The summed E-state index contributed by atoms with van der Waals surface area (Å²) in [4.78, 5) is 11.9. The second-order valence-electron chi connectivity index (χ2n) is 5.15. The lowest BCUT2D eigenvalue weighted by Gasteiger charge is -2.34. The summed E-state index contributed by atoms with van der Waals surface area (Å²) in [7, 11) is -4.20. The highest BCUT2D eigenvalue weighted by Crippen LogP contribution is 2.32. The summed E-state index contributed by atoms with van der Waals surface area (Å²) in [5, 5.41) is 9.79. The lowest BCUT2D eigenvalue weighted by Crippen LogP contribution is -2.59. The Bertz CT molecular complexity index is 685. The Hall–Kier alpha value is -1.35. The number of rotatable bonds is 5. The number of sulfonamides is 1. The highest BCUT2D eigenvalue weighted by atomic mass is 35.5. The van der Waals surface area contributed by atoms with Crippen molar-refractivity contribution in [1.82, 2.24) is 4.72 Å². The van der Waals surface area contributed by atoms with Crippen LogP contribution in [0, 0.1) is 0 Å². The fourth-order valence-corrected chi connectivity index (χ4v) is 4.09. The number of esters is 1. The molecule has 1 heterocycles. The number of halogens is 1. The predicted octanol–water partition coefficient (Wildman–Crippen LogP) is 1.44. The fourth-order valence-electron chi connectivity index (χ4n) is 2.37. The van der Waals surface area contributed by atoms with Crippen molar-refractivity contribution in [2.24, 2.45) is 0 Å². The van der Waals surface area contributed by atoms with Gasteiger partial charge in [-0.1, -0.05) is 17.7 Å². The molecular formula is C14H18ClNO6S. The molecule has 2 N–H and O–H groups in total. The molecule has 1 aliphatic rings. The third-order valence-corrected chi connectivity index (χ3v) is 5.35. The van der Waals surface area contributed by atoms with Crippen LogP contribution in [-0.4, -0.2) is 44.9 Å². The van der Waals surface area contributed by atoms with E-state index in [0.717, 1.165) is 0 Å². The van der Waals surface area contributed by atoms with Gasteiger partial charge in [0.25, 0.3) is 0 Å². The maximum atomic E-state index is 12.6. The van der Waals surface area contributed by atoms with Crippen molar-refractivity contribution in [2.75, 3.05) is 19.8 Å². The van der Waals surface area contributed by atoms with E-state index < -0.39 is 32.2 Å². The molecule has 1 fully saturated rings. The second-order valence-corrected chi connectivity index (χ2v) is 7.21. The van der Waals surface area contributed by atoms with Gasteiger partial charge in [0.15, 0.2) is 11.3 Å². The van der Waals surface area contributed by atoms with Crippen molar-refractivity contribution < 1.29 is 27.8 Å².